The van der Waals surface area contributed by atoms with E-state index in [1.165, 1.54) is 6.07 Å². The Kier molecular flexibility index (Phi) is 4.54. The van der Waals surface area contributed by atoms with Crippen molar-refractivity contribution in [2.24, 2.45) is 5.92 Å². The molecule has 2 fully saturated rings. The van der Waals surface area contributed by atoms with Gasteiger partial charge in [-0.05, 0) is 56.3 Å². The van der Waals surface area contributed by atoms with Gasteiger partial charge >= 0.3 is 0 Å². The predicted molar refractivity (Wildman–Crippen MR) is 80.4 cm³/mol. The summed E-state index contributed by atoms with van der Waals surface area (Å²) >= 11 is 0. The molecule has 1 amide bonds. The lowest BCUT2D eigenvalue weighted by molar-refractivity contribution is -0.132. The molecule has 1 atom stereocenters. The Labute approximate surface area is 125 Å². The summed E-state index contributed by atoms with van der Waals surface area (Å²) in [5.74, 6) is 0.419. The first-order chi connectivity index (χ1) is 10.3. The second-order valence-electron chi connectivity index (χ2n) is 6.15. The number of nitrogens with zero attached hydrogens (tertiary/aromatic N) is 1. The molecule has 1 N–H and O–H groups in total. The van der Waals surface area contributed by atoms with Gasteiger partial charge in [0.2, 0.25) is 5.91 Å². The highest BCUT2D eigenvalue weighted by molar-refractivity contribution is 5.79. The molecule has 2 aliphatic rings. The number of carbonyl (C=O) groups excluding carboxylic acids is 1. The van der Waals surface area contributed by atoms with Crippen LogP contribution in [0.3, 0.4) is 0 Å². The normalized spacial score (nSPS) is 23.5. The summed E-state index contributed by atoms with van der Waals surface area (Å²) in [6.45, 7) is 2.94. The van der Waals surface area contributed by atoms with Gasteiger partial charge in [0.25, 0.3) is 0 Å². The zero-order chi connectivity index (χ0) is 14.7. The third-order valence-corrected chi connectivity index (χ3v) is 4.85. The Morgan fingerprint density at radius 1 is 1.24 bits per heavy atom. The molecule has 0 radical (unpaired) electrons. The summed E-state index contributed by atoms with van der Waals surface area (Å²) in [6, 6.07) is 6.96. The molecule has 2 heterocycles. The average Bonchev–Trinajstić information content (AvgIpc) is 3.00. The van der Waals surface area contributed by atoms with Crippen LogP contribution in [0.2, 0.25) is 0 Å². The van der Waals surface area contributed by atoms with Crippen molar-refractivity contribution in [3.63, 3.8) is 0 Å². The highest BCUT2D eigenvalue weighted by Gasteiger charge is 2.35. The SMILES string of the molecule is O=C(Cc1ccccc1F)N1CCCC1C1CCNCC1. The molecule has 0 bridgehead atoms. The summed E-state index contributed by atoms with van der Waals surface area (Å²) in [7, 11) is 0. The summed E-state index contributed by atoms with van der Waals surface area (Å²) in [5.41, 5.74) is 0.512. The van der Waals surface area contributed by atoms with Gasteiger partial charge in [0, 0.05) is 12.6 Å². The van der Waals surface area contributed by atoms with Gasteiger partial charge in [-0.2, -0.15) is 0 Å². The number of carbonyl (C=O) groups is 1. The number of hydrogen-bond donors (Lipinski definition) is 1. The van der Waals surface area contributed by atoms with E-state index in [1.807, 2.05) is 4.90 Å². The number of piperidine rings is 1. The smallest absolute Gasteiger partial charge is 0.227 e. The number of halogens is 1. The highest BCUT2D eigenvalue weighted by Crippen LogP contribution is 2.30. The molecule has 0 aliphatic carbocycles. The minimum Gasteiger partial charge on any atom is -0.339 e. The number of likely N-dealkylation sites (tertiary alicyclic amines) is 1. The largest absolute Gasteiger partial charge is 0.339 e. The van der Waals surface area contributed by atoms with E-state index in [1.54, 1.807) is 18.2 Å². The van der Waals surface area contributed by atoms with Crippen LogP contribution >= 0.6 is 0 Å². The second kappa shape index (κ2) is 6.56. The van der Waals surface area contributed by atoms with E-state index < -0.39 is 0 Å². The average molecular weight is 290 g/mol. The lowest BCUT2D eigenvalue weighted by Crippen LogP contribution is -2.44. The maximum absolute atomic E-state index is 13.7. The summed E-state index contributed by atoms with van der Waals surface area (Å²) in [5, 5.41) is 3.38. The van der Waals surface area contributed by atoms with Crippen molar-refractivity contribution in [3.8, 4) is 0 Å². The monoisotopic (exact) mass is 290 g/mol. The molecule has 2 saturated heterocycles. The van der Waals surface area contributed by atoms with Gasteiger partial charge in [0.1, 0.15) is 5.82 Å². The molecule has 4 heteroatoms. The van der Waals surface area contributed by atoms with Gasteiger partial charge in [-0.25, -0.2) is 4.39 Å². The van der Waals surface area contributed by atoms with Gasteiger partial charge < -0.3 is 10.2 Å². The van der Waals surface area contributed by atoms with Crippen molar-refractivity contribution < 1.29 is 9.18 Å². The fourth-order valence-electron chi connectivity index (χ4n) is 3.73. The molecule has 3 nitrogen and oxygen atoms in total. The molecule has 3 rings (SSSR count). The number of nitrogens with one attached hydrogen (secondary N) is 1. The van der Waals surface area contributed by atoms with Crippen LogP contribution in [0.15, 0.2) is 24.3 Å². The Balaban J connectivity index is 1.67. The molecule has 114 valence electrons. The predicted octanol–water partition coefficient (Wildman–Crippen LogP) is 2.36. The minimum atomic E-state index is -0.275. The Morgan fingerprint density at radius 2 is 2.00 bits per heavy atom. The maximum atomic E-state index is 13.7. The van der Waals surface area contributed by atoms with Crippen molar-refractivity contribution >= 4 is 5.91 Å². The maximum Gasteiger partial charge on any atom is 0.227 e. The van der Waals surface area contributed by atoms with Gasteiger partial charge in [-0.15, -0.1) is 0 Å². The van der Waals surface area contributed by atoms with Crippen LogP contribution in [-0.4, -0.2) is 36.5 Å². The number of benzene rings is 1. The van der Waals surface area contributed by atoms with Crippen molar-refractivity contribution in [2.45, 2.75) is 38.1 Å². The van der Waals surface area contributed by atoms with Gasteiger partial charge in [0.15, 0.2) is 0 Å². The van der Waals surface area contributed by atoms with Crippen molar-refractivity contribution in [2.75, 3.05) is 19.6 Å². The minimum absolute atomic E-state index is 0.0844. The second-order valence-corrected chi connectivity index (χ2v) is 6.15. The summed E-state index contributed by atoms with van der Waals surface area (Å²) in [6.07, 6.45) is 4.67. The van der Waals surface area contributed by atoms with E-state index >= 15 is 0 Å². The van der Waals surface area contributed by atoms with Crippen molar-refractivity contribution in [3.05, 3.63) is 35.6 Å². The number of rotatable bonds is 3. The molecule has 2 aliphatic heterocycles. The summed E-state index contributed by atoms with van der Waals surface area (Å²) in [4.78, 5) is 14.6. The first kappa shape index (κ1) is 14.5. The fourth-order valence-corrected chi connectivity index (χ4v) is 3.73. The first-order valence-corrected chi connectivity index (χ1v) is 7.99. The van der Waals surface area contributed by atoms with Gasteiger partial charge in [0.05, 0.1) is 6.42 Å². The molecule has 0 spiro atoms. The zero-order valence-corrected chi connectivity index (χ0v) is 12.4. The van der Waals surface area contributed by atoms with E-state index in [4.69, 9.17) is 0 Å². The van der Waals surface area contributed by atoms with Crippen LogP contribution < -0.4 is 5.32 Å². The Bertz CT molecular complexity index is 499. The Morgan fingerprint density at radius 3 is 2.76 bits per heavy atom. The summed E-state index contributed by atoms with van der Waals surface area (Å²) < 4.78 is 13.7. The quantitative estimate of drug-likeness (QED) is 0.927. The van der Waals surface area contributed by atoms with Gasteiger partial charge in [-0.3, -0.25) is 4.79 Å². The zero-order valence-electron chi connectivity index (χ0n) is 12.4. The fraction of sp³-hybridized carbons (Fsp3) is 0.588. The van der Waals surface area contributed by atoms with Crippen LogP contribution in [0.1, 0.15) is 31.2 Å². The number of hydrogen-bond acceptors (Lipinski definition) is 2. The Hall–Kier alpha value is -1.42. The van der Waals surface area contributed by atoms with Crippen LogP contribution in [-0.2, 0) is 11.2 Å². The van der Waals surface area contributed by atoms with E-state index in [9.17, 15) is 9.18 Å². The van der Waals surface area contributed by atoms with Crippen LogP contribution in [0.25, 0.3) is 0 Å². The molecule has 0 saturated carbocycles. The molecule has 1 unspecified atom stereocenters. The lowest BCUT2D eigenvalue weighted by atomic mass is 9.88. The first-order valence-electron chi connectivity index (χ1n) is 7.99. The van der Waals surface area contributed by atoms with Crippen molar-refractivity contribution in [1.29, 1.82) is 0 Å². The molecular formula is C17H23FN2O. The van der Waals surface area contributed by atoms with Crippen LogP contribution in [0.4, 0.5) is 4.39 Å². The molecule has 1 aromatic rings. The van der Waals surface area contributed by atoms with Crippen LogP contribution in [0.5, 0.6) is 0 Å². The standard InChI is InChI=1S/C17H23FN2O/c18-15-5-2-1-4-14(15)12-17(21)20-11-3-6-16(20)13-7-9-19-10-8-13/h1-2,4-5,13,16,19H,3,6-12H2. The van der Waals surface area contributed by atoms with E-state index in [2.05, 4.69) is 5.32 Å². The highest BCUT2D eigenvalue weighted by atomic mass is 19.1. The van der Waals surface area contributed by atoms with Crippen molar-refractivity contribution in [1.82, 2.24) is 10.2 Å². The molecule has 21 heavy (non-hydrogen) atoms. The topological polar surface area (TPSA) is 32.3 Å². The molecule has 1 aromatic carbocycles. The molecule has 0 aromatic heterocycles. The van der Waals surface area contributed by atoms with Gasteiger partial charge in [-0.1, -0.05) is 18.2 Å². The van der Waals surface area contributed by atoms with E-state index in [-0.39, 0.29) is 18.1 Å². The van der Waals surface area contributed by atoms with E-state index in [0.29, 0.717) is 17.5 Å². The third kappa shape index (κ3) is 3.26. The molecular weight excluding hydrogens is 267 g/mol. The van der Waals surface area contributed by atoms with Crippen LogP contribution in [0, 0.1) is 11.7 Å². The van der Waals surface area contributed by atoms with E-state index in [0.717, 1.165) is 45.3 Å². The third-order valence-electron chi connectivity index (χ3n) is 4.85. The lowest BCUT2D eigenvalue weighted by Gasteiger charge is -2.34. The number of amides is 1.